The number of nitrogens with two attached hydrogens (primary N) is 1. The monoisotopic (exact) mass is 231 g/mol. The van der Waals surface area contributed by atoms with E-state index in [1.165, 1.54) is 0 Å². The molecular weight excluding hydrogens is 206 g/mol. The van der Waals surface area contributed by atoms with Crippen LogP contribution < -0.4 is 5.73 Å². The fourth-order valence-corrected chi connectivity index (χ4v) is 1.75. The normalized spacial score (nSPS) is 15.8. The summed E-state index contributed by atoms with van der Waals surface area (Å²) in [6.45, 7) is 6.09. The van der Waals surface area contributed by atoms with Crippen LogP contribution >= 0.6 is 0 Å². The summed E-state index contributed by atoms with van der Waals surface area (Å²) in [7, 11) is 1.64. The lowest BCUT2D eigenvalue weighted by Gasteiger charge is -2.32. The van der Waals surface area contributed by atoms with Gasteiger partial charge in [-0.1, -0.05) is 13.3 Å². The Morgan fingerprint density at radius 3 is 2.19 bits per heavy atom. The first-order valence-corrected chi connectivity index (χ1v) is 5.82. The number of carboxylic acids is 1. The van der Waals surface area contributed by atoms with Crippen LogP contribution in [-0.2, 0) is 9.53 Å². The maximum absolute atomic E-state index is 11.3. The van der Waals surface area contributed by atoms with Gasteiger partial charge in [0.1, 0.15) is 0 Å². The molecule has 0 aromatic carbocycles. The van der Waals surface area contributed by atoms with E-state index in [4.69, 9.17) is 10.5 Å². The van der Waals surface area contributed by atoms with Gasteiger partial charge in [0, 0.05) is 13.7 Å². The fourth-order valence-electron chi connectivity index (χ4n) is 1.75. The molecule has 0 aliphatic heterocycles. The van der Waals surface area contributed by atoms with Crippen molar-refractivity contribution < 1.29 is 14.6 Å². The van der Waals surface area contributed by atoms with E-state index in [2.05, 4.69) is 0 Å². The minimum Gasteiger partial charge on any atom is -0.481 e. The van der Waals surface area contributed by atoms with Crippen LogP contribution in [0.1, 0.15) is 46.5 Å². The number of carbonyl (C=O) groups is 1. The molecule has 0 spiro atoms. The second-order valence-electron chi connectivity index (χ2n) is 5.00. The van der Waals surface area contributed by atoms with Gasteiger partial charge in [-0.25, -0.2) is 0 Å². The van der Waals surface area contributed by atoms with Crippen molar-refractivity contribution in [3.8, 4) is 0 Å². The highest BCUT2D eigenvalue weighted by atomic mass is 16.5. The van der Waals surface area contributed by atoms with Crippen LogP contribution in [0.5, 0.6) is 0 Å². The zero-order chi connectivity index (χ0) is 12.8. The van der Waals surface area contributed by atoms with Gasteiger partial charge in [-0.3, -0.25) is 4.79 Å². The molecule has 16 heavy (non-hydrogen) atoms. The third kappa shape index (κ3) is 4.10. The SMILES string of the molecule is CCCC(CN)(CCC(C)(C)OC)C(=O)O. The van der Waals surface area contributed by atoms with Gasteiger partial charge in [0.15, 0.2) is 0 Å². The highest BCUT2D eigenvalue weighted by Gasteiger charge is 2.37. The molecule has 0 heterocycles. The molecule has 1 unspecified atom stereocenters. The van der Waals surface area contributed by atoms with E-state index in [1.54, 1.807) is 7.11 Å². The predicted molar refractivity (Wildman–Crippen MR) is 64.4 cm³/mol. The average Bonchev–Trinajstić information content (AvgIpc) is 2.24. The molecule has 0 fully saturated rings. The number of hydrogen-bond acceptors (Lipinski definition) is 3. The molecule has 0 saturated carbocycles. The summed E-state index contributed by atoms with van der Waals surface area (Å²) in [5.41, 5.74) is 4.57. The minimum atomic E-state index is -0.788. The second-order valence-corrected chi connectivity index (χ2v) is 5.00. The van der Waals surface area contributed by atoms with Crippen molar-refractivity contribution >= 4 is 5.97 Å². The summed E-state index contributed by atoms with van der Waals surface area (Å²) >= 11 is 0. The van der Waals surface area contributed by atoms with Crippen LogP contribution in [0, 0.1) is 5.41 Å². The third-order valence-electron chi connectivity index (χ3n) is 3.33. The molecule has 0 radical (unpaired) electrons. The Labute approximate surface area is 98.2 Å². The van der Waals surface area contributed by atoms with Gasteiger partial charge in [-0.05, 0) is 33.1 Å². The Morgan fingerprint density at radius 1 is 1.31 bits per heavy atom. The Bertz CT molecular complexity index is 228. The Kier molecular flexibility index (Phi) is 5.97. The van der Waals surface area contributed by atoms with Crippen LogP contribution in [0.15, 0.2) is 0 Å². The first-order chi connectivity index (χ1) is 7.33. The highest BCUT2D eigenvalue weighted by Crippen LogP contribution is 2.32. The molecule has 4 heteroatoms. The standard InChI is InChI=1S/C12H25NO3/c1-5-6-12(9-13,10(14)15)8-7-11(2,3)16-4/h5-9,13H2,1-4H3,(H,14,15). The second kappa shape index (κ2) is 6.21. The van der Waals surface area contributed by atoms with Gasteiger partial charge >= 0.3 is 5.97 Å². The zero-order valence-corrected chi connectivity index (χ0v) is 10.9. The molecule has 96 valence electrons. The average molecular weight is 231 g/mol. The molecule has 4 nitrogen and oxygen atoms in total. The Morgan fingerprint density at radius 2 is 1.88 bits per heavy atom. The molecule has 0 rings (SSSR count). The van der Waals surface area contributed by atoms with Crippen molar-refractivity contribution in [1.29, 1.82) is 0 Å². The van der Waals surface area contributed by atoms with Crippen LogP contribution in [0.2, 0.25) is 0 Å². The van der Waals surface area contributed by atoms with Crippen molar-refractivity contribution in [3.63, 3.8) is 0 Å². The van der Waals surface area contributed by atoms with E-state index in [1.807, 2.05) is 20.8 Å². The first kappa shape index (κ1) is 15.4. The van der Waals surface area contributed by atoms with Crippen LogP contribution in [0.3, 0.4) is 0 Å². The molecule has 0 bridgehead atoms. The summed E-state index contributed by atoms with van der Waals surface area (Å²) in [4.78, 5) is 11.3. The minimum absolute atomic E-state index is 0.190. The first-order valence-electron chi connectivity index (χ1n) is 5.82. The Hall–Kier alpha value is -0.610. The number of rotatable bonds is 8. The maximum Gasteiger partial charge on any atom is 0.310 e. The molecule has 0 aliphatic rings. The maximum atomic E-state index is 11.3. The summed E-state index contributed by atoms with van der Waals surface area (Å²) < 4.78 is 5.30. The lowest BCUT2D eigenvalue weighted by atomic mass is 9.77. The fraction of sp³-hybridized carbons (Fsp3) is 0.917. The predicted octanol–water partition coefficient (Wildman–Crippen LogP) is 2.02. The van der Waals surface area contributed by atoms with E-state index in [0.29, 0.717) is 19.3 Å². The topological polar surface area (TPSA) is 72.5 Å². The number of aliphatic carboxylic acids is 1. The van der Waals surface area contributed by atoms with Gasteiger partial charge in [0.05, 0.1) is 11.0 Å². The van der Waals surface area contributed by atoms with E-state index in [0.717, 1.165) is 6.42 Å². The van der Waals surface area contributed by atoms with E-state index in [9.17, 15) is 9.90 Å². The summed E-state index contributed by atoms with van der Waals surface area (Å²) in [5, 5.41) is 9.30. The van der Waals surface area contributed by atoms with Crippen molar-refractivity contribution in [2.45, 2.75) is 52.1 Å². The molecule has 0 aromatic heterocycles. The van der Waals surface area contributed by atoms with Gasteiger partial charge in [0.25, 0.3) is 0 Å². The number of methoxy groups -OCH3 is 1. The van der Waals surface area contributed by atoms with Crippen LogP contribution in [0.4, 0.5) is 0 Å². The number of hydrogen-bond donors (Lipinski definition) is 2. The summed E-state index contributed by atoms with van der Waals surface area (Å²) in [6, 6.07) is 0. The smallest absolute Gasteiger partial charge is 0.310 e. The van der Waals surface area contributed by atoms with E-state index >= 15 is 0 Å². The van der Waals surface area contributed by atoms with E-state index < -0.39 is 11.4 Å². The molecule has 0 aliphatic carbocycles. The molecular formula is C12H25NO3. The summed E-state index contributed by atoms with van der Waals surface area (Å²) in [5.74, 6) is -0.788. The van der Waals surface area contributed by atoms with Crippen LogP contribution in [0.25, 0.3) is 0 Å². The largest absolute Gasteiger partial charge is 0.481 e. The molecule has 3 N–H and O–H groups in total. The van der Waals surface area contributed by atoms with Gasteiger partial charge in [0.2, 0.25) is 0 Å². The van der Waals surface area contributed by atoms with Gasteiger partial charge < -0.3 is 15.6 Å². The van der Waals surface area contributed by atoms with Crippen molar-refractivity contribution in [2.24, 2.45) is 11.1 Å². The molecule has 0 saturated heterocycles. The number of ether oxygens (including phenoxy) is 1. The van der Waals surface area contributed by atoms with Crippen molar-refractivity contribution in [1.82, 2.24) is 0 Å². The number of carboxylic acid groups (broad SMARTS) is 1. The van der Waals surface area contributed by atoms with Crippen molar-refractivity contribution in [3.05, 3.63) is 0 Å². The lowest BCUT2D eigenvalue weighted by molar-refractivity contribution is -0.150. The quantitative estimate of drug-likeness (QED) is 0.670. The van der Waals surface area contributed by atoms with Gasteiger partial charge in [-0.15, -0.1) is 0 Å². The van der Waals surface area contributed by atoms with Crippen LogP contribution in [-0.4, -0.2) is 30.3 Å². The highest BCUT2D eigenvalue weighted by molar-refractivity contribution is 5.74. The zero-order valence-electron chi connectivity index (χ0n) is 10.9. The van der Waals surface area contributed by atoms with Crippen molar-refractivity contribution in [2.75, 3.05) is 13.7 Å². The lowest BCUT2D eigenvalue weighted by Crippen LogP contribution is -2.40. The molecule has 1 atom stereocenters. The molecule has 0 amide bonds. The van der Waals surface area contributed by atoms with Gasteiger partial charge in [-0.2, -0.15) is 0 Å². The van der Waals surface area contributed by atoms with E-state index in [-0.39, 0.29) is 12.1 Å². The summed E-state index contributed by atoms with van der Waals surface area (Å²) in [6.07, 6.45) is 2.72. The molecule has 0 aromatic rings. The Balaban J connectivity index is 4.61. The third-order valence-corrected chi connectivity index (χ3v) is 3.33.